The first-order chi connectivity index (χ1) is 9.74. The van der Waals surface area contributed by atoms with E-state index in [2.05, 4.69) is 9.88 Å². The molecule has 1 saturated heterocycles. The summed E-state index contributed by atoms with van der Waals surface area (Å²) in [5.74, 6) is -0.181. The van der Waals surface area contributed by atoms with E-state index in [0.29, 0.717) is 18.0 Å². The zero-order chi connectivity index (χ0) is 13.9. The van der Waals surface area contributed by atoms with E-state index < -0.39 is 0 Å². The highest BCUT2D eigenvalue weighted by molar-refractivity contribution is 7.11. The molecule has 1 aliphatic rings. The van der Waals surface area contributed by atoms with Gasteiger partial charge in [0.1, 0.15) is 10.7 Å². The Morgan fingerprint density at radius 1 is 1.15 bits per heavy atom. The van der Waals surface area contributed by atoms with Crippen molar-refractivity contribution in [1.29, 1.82) is 0 Å². The Balaban J connectivity index is 1.62. The van der Waals surface area contributed by atoms with Gasteiger partial charge in [-0.1, -0.05) is 0 Å². The van der Waals surface area contributed by atoms with Gasteiger partial charge in [0.25, 0.3) is 5.91 Å². The zero-order valence-corrected chi connectivity index (χ0v) is 11.6. The molecule has 0 unspecified atom stereocenters. The fourth-order valence-corrected chi connectivity index (χ4v) is 2.88. The fourth-order valence-electron chi connectivity index (χ4n) is 2.30. The van der Waals surface area contributed by atoms with Crippen molar-refractivity contribution in [3.05, 3.63) is 46.7 Å². The Bertz CT molecular complexity index is 577. The van der Waals surface area contributed by atoms with Crippen LogP contribution in [-0.2, 0) is 0 Å². The number of piperazine rings is 1. The minimum Gasteiger partial charge on any atom is -0.368 e. The summed E-state index contributed by atoms with van der Waals surface area (Å²) in [4.78, 5) is 20.8. The predicted molar refractivity (Wildman–Crippen MR) is 76.6 cm³/mol. The van der Waals surface area contributed by atoms with Crippen molar-refractivity contribution in [3.63, 3.8) is 0 Å². The number of carbonyl (C=O) groups is 1. The van der Waals surface area contributed by atoms with Crippen molar-refractivity contribution >= 4 is 22.9 Å². The van der Waals surface area contributed by atoms with Gasteiger partial charge in [0.15, 0.2) is 0 Å². The molecule has 0 aliphatic carbocycles. The molecule has 1 amide bonds. The number of nitrogens with zero attached hydrogens (tertiary/aromatic N) is 3. The molecule has 0 atom stereocenters. The lowest BCUT2D eigenvalue weighted by Gasteiger charge is -2.35. The maximum absolute atomic E-state index is 12.9. The van der Waals surface area contributed by atoms with Crippen LogP contribution in [-0.4, -0.2) is 42.0 Å². The fraction of sp³-hybridized carbons (Fsp3) is 0.286. The van der Waals surface area contributed by atoms with Crippen molar-refractivity contribution in [2.75, 3.05) is 31.1 Å². The lowest BCUT2D eigenvalue weighted by Crippen LogP contribution is -2.48. The molecule has 1 fully saturated rings. The number of amides is 1. The highest BCUT2D eigenvalue weighted by Crippen LogP contribution is 2.18. The first-order valence-corrected chi connectivity index (χ1v) is 7.30. The van der Waals surface area contributed by atoms with Crippen LogP contribution in [0.1, 0.15) is 9.67 Å². The summed E-state index contributed by atoms with van der Waals surface area (Å²) in [5, 5.41) is 0. The van der Waals surface area contributed by atoms with Gasteiger partial charge in [0, 0.05) is 31.9 Å². The van der Waals surface area contributed by atoms with Crippen LogP contribution in [0.5, 0.6) is 0 Å². The van der Waals surface area contributed by atoms with Crippen LogP contribution in [0.15, 0.2) is 36.0 Å². The third-order valence-corrected chi connectivity index (χ3v) is 4.16. The maximum Gasteiger partial charge on any atom is 0.265 e. The molecule has 4 nitrogen and oxygen atoms in total. The molecule has 0 bridgehead atoms. The number of halogens is 1. The Morgan fingerprint density at radius 3 is 2.45 bits per heavy atom. The van der Waals surface area contributed by atoms with E-state index in [1.54, 1.807) is 23.8 Å². The first kappa shape index (κ1) is 13.1. The topological polar surface area (TPSA) is 36.4 Å². The van der Waals surface area contributed by atoms with Crippen molar-refractivity contribution < 1.29 is 9.18 Å². The van der Waals surface area contributed by atoms with E-state index in [-0.39, 0.29) is 11.7 Å². The van der Waals surface area contributed by atoms with Gasteiger partial charge in [-0.15, -0.1) is 11.3 Å². The molecule has 0 saturated carbocycles. The average molecular weight is 291 g/mol. The van der Waals surface area contributed by atoms with Gasteiger partial charge in [0.05, 0.1) is 11.7 Å². The van der Waals surface area contributed by atoms with Crippen LogP contribution in [0.25, 0.3) is 0 Å². The van der Waals surface area contributed by atoms with E-state index in [4.69, 9.17) is 0 Å². The van der Waals surface area contributed by atoms with Crippen LogP contribution >= 0.6 is 11.3 Å². The van der Waals surface area contributed by atoms with E-state index in [1.165, 1.54) is 23.5 Å². The standard InChI is InChI=1S/C14H14FN3OS/c15-11-1-3-12(4-2-11)17-5-7-18(8-6-17)14(19)13-9-16-10-20-13/h1-4,9-10H,5-8H2. The SMILES string of the molecule is O=C(c1cncs1)N1CCN(c2ccc(F)cc2)CC1. The number of benzene rings is 1. The number of aromatic nitrogens is 1. The summed E-state index contributed by atoms with van der Waals surface area (Å²) in [6, 6.07) is 6.47. The minimum atomic E-state index is -0.229. The van der Waals surface area contributed by atoms with E-state index in [9.17, 15) is 9.18 Å². The van der Waals surface area contributed by atoms with Crippen LogP contribution in [0, 0.1) is 5.82 Å². The molecule has 2 heterocycles. The molecule has 104 valence electrons. The van der Waals surface area contributed by atoms with Crippen LogP contribution in [0.4, 0.5) is 10.1 Å². The number of carbonyl (C=O) groups excluding carboxylic acids is 1. The van der Waals surface area contributed by atoms with E-state index in [0.717, 1.165) is 18.8 Å². The van der Waals surface area contributed by atoms with Crippen molar-refractivity contribution in [2.24, 2.45) is 0 Å². The molecule has 0 N–H and O–H groups in total. The second-order valence-electron chi connectivity index (χ2n) is 4.62. The lowest BCUT2D eigenvalue weighted by atomic mass is 10.2. The second-order valence-corrected chi connectivity index (χ2v) is 5.51. The summed E-state index contributed by atoms with van der Waals surface area (Å²) in [6.07, 6.45) is 1.61. The molecule has 0 radical (unpaired) electrons. The summed E-state index contributed by atoms with van der Waals surface area (Å²) in [5.41, 5.74) is 2.67. The zero-order valence-electron chi connectivity index (χ0n) is 10.8. The molecular formula is C14H14FN3OS. The highest BCUT2D eigenvalue weighted by atomic mass is 32.1. The Labute approximate surface area is 120 Å². The molecule has 1 aliphatic heterocycles. The Kier molecular flexibility index (Phi) is 3.64. The average Bonchev–Trinajstić information content (AvgIpc) is 3.02. The monoisotopic (exact) mass is 291 g/mol. The van der Waals surface area contributed by atoms with Crippen molar-refractivity contribution in [1.82, 2.24) is 9.88 Å². The molecule has 3 rings (SSSR count). The third kappa shape index (κ3) is 2.65. The maximum atomic E-state index is 12.9. The molecule has 0 spiro atoms. The molecular weight excluding hydrogens is 277 g/mol. The quantitative estimate of drug-likeness (QED) is 0.851. The molecule has 1 aromatic heterocycles. The Morgan fingerprint density at radius 2 is 1.85 bits per heavy atom. The van der Waals surface area contributed by atoms with Gasteiger partial charge in [-0.25, -0.2) is 4.39 Å². The van der Waals surface area contributed by atoms with Crippen LogP contribution in [0.3, 0.4) is 0 Å². The van der Waals surface area contributed by atoms with E-state index >= 15 is 0 Å². The number of rotatable bonds is 2. The Hall–Kier alpha value is -1.95. The minimum absolute atomic E-state index is 0.0475. The van der Waals surface area contributed by atoms with Gasteiger partial charge < -0.3 is 9.80 Å². The largest absolute Gasteiger partial charge is 0.368 e. The lowest BCUT2D eigenvalue weighted by molar-refractivity contribution is 0.0751. The van der Waals surface area contributed by atoms with Gasteiger partial charge in [-0.2, -0.15) is 0 Å². The predicted octanol–water partition coefficient (Wildman–Crippen LogP) is 2.24. The van der Waals surface area contributed by atoms with Crippen molar-refractivity contribution in [2.45, 2.75) is 0 Å². The van der Waals surface area contributed by atoms with Crippen molar-refractivity contribution in [3.8, 4) is 0 Å². The van der Waals surface area contributed by atoms with Crippen LogP contribution in [0.2, 0.25) is 0 Å². The number of thiazole rings is 1. The third-order valence-electron chi connectivity index (χ3n) is 3.40. The molecule has 20 heavy (non-hydrogen) atoms. The number of hydrogen-bond donors (Lipinski definition) is 0. The number of anilines is 1. The number of hydrogen-bond acceptors (Lipinski definition) is 4. The highest BCUT2D eigenvalue weighted by Gasteiger charge is 2.23. The molecule has 1 aromatic carbocycles. The molecule has 6 heteroatoms. The van der Waals surface area contributed by atoms with Gasteiger partial charge in [-0.3, -0.25) is 9.78 Å². The molecule has 2 aromatic rings. The normalized spacial score (nSPS) is 15.4. The van der Waals surface area contributed by atoms with Gasteiger partial charge >= 0.3 is 0 Å². The first-order valence-electron chi connectivity index (χ1n) is 6.42. The van der Waals surface area contributed by atoms with Gasteiger partial charge in [0.2, 0.25) is 0 Å². The van der Waals surface area contributed by atoms with E-state index in [1.807, 2.05) is 4.90 Å². The smallest absolute Gasteiger partial charge is 0.265 e. The summed E-state index contributed by atoms with van der Waals surface area (Å²) < 4.78 is 12.9. The second kappa shape index (κ2) is 5.58. The van der Waals surface area contributed by atoms with Crippen LogP contribution < -0.4 is 4.90 Å². The van der Waals surface area contributed by atoms with Gasteiger partial charge in [-0.05, 0) is 24.3 Å². The summed E-state index contributed by atoms with van der Waals surface area (Å²) in [7, 11) is 0. The summed E-state index contributed by atoms with van der Waals surface area (Å²) in [6.45, 7) is 2.87. The summed E-state index contributed by atoms with van der Waals surface area (Å²) >= 11 is 1.37.